The van der Waals surface area contributed by atoms with E-state index in [4.69, 9.17) is 0 Å². The van der Waals surface area contributed by atoms with Gasteiger partial charge in [-0.2, -0.15) is 0 Å². The summed E-state index contributed by atoms with van der Waals surface area (Å²) in [5, 5.41) is 0. The van der Waals surface area contributed by atoms with Gasteiger partial charge >= 0.3 is 4.87 Å². The van der Waals surface area contributed by atoms with Crippen LogP contribution in [-0.4, -0.2) is 29.5 Å². The maximum Gasteiger partial charge on any atom is 0.304 e. The van der Waals surface area contributed by atoms with Gasteiger partial charge in [0, 0.05) is 23.7 Å². The van der Waals surface area contributed by atoms with Crippen LogP contribution in [0.5, 0.6) is 0 Å². The molecule has 0 bridgehead atoms. The minimum absolute atomic E-state index is 0. The lowest BCUT2D eigenvalue weighted by atomic mass is 9.99. The Hall–Kier alpha value is -1.36. The normalized spacial score (nSPS) is 15.1. The molecule has 23 heavy (non-hydrogen) atoms. The molecule has 1 aliphatic heterocycles. The SMILES string of the molecule is Cc1[nH]c(=O)sc1CCCN1CC=C(c2ccccc2)CC1.Cl. The Morgan fingerprint density at radius 3 is 2.65 bits per heavy atom. The Labute approximate surface area is 147 Å². The van der Waals surface area contributed by atoms with Gasteiger partial charge in [0.05, 0.1) is 0 Å². The number of aromatic amines is 1. The van der Waals surface area contributed by atoms with Crippen molar-refractivity contribution in [2.24, 2.45) is 0 Å². The van der Waals surface area contributed by atoms with Gasteiger partial charge < -0.3 is 4.98 Å². The number of aryl methyl sites for hydroxylation is 2. The molecule has 124 valence electrons. The summed E-state index contributed by atoms with van der Waals surface area (Å²) in [7, 11) is 0. The molecular formula is C18H23ClN2OS. The molecule has 1 aromatic carbocycles. The Morgan fingerprint density at radius 2 is 2.04 bits per heavy atom. The number of nitrogens with one attached hydrogen (secondary N) is 1. The van der Waals surface area contributed by atoms with E-state index in [0.717, 1.165) is 44.6 Å². The Balaban J connectivity index is 0.00000192. The lowest BCUT2D eigenvalue weighted by Gasteiger charge is -2.26. The van der Waals surface area contributed by atoms with Crippen LogP contribution in [0, 0.1) is 6.92 Å². The fourth-order valence-corrected chi connectivity index (χ4v) is 3.85. The van der Waals surface area contributed by atoms with Crippen LogP contribution < -0.4 is 4.87 Å². The molecule has 2 aromatic rings. The van der Waals surface area contributed by atoms with Crippen molar-refractivity contribution in [3.05, 3.63) is 62.2 Å². The van der Waals surface area contributed by atoms with Crippen molar-refractivity contribution < 1.29 is 0 Å². The summed E-state index contributed by atoms with van der Waals surface area (Å²) >= 11 is 1.36. The van der Waals surface area contributed by atoms with Crippen LogP contribution >= 0.6 is 23.7 Å². The summed E-state index contributed by atoms with van der Waals surface area (Å²) in [5.41, 5.74) is 3.87. The van der Waals surface area contributed by atoms with Crippen molar-refractivity contribution in [2.75, 3.05) is 19.6 Å². The van der Waals surface area contributed by atoms with Gasteiger partial charge in [-0.1, -0.05) is 47.7 Å². The molecule has 2 heterocycles. The fourth-order valence-electron chi connectivity index (χ4n) is 2.97. The van der Waals surface area contributed by atoms with Crippen LogP contribution in [0.4, 0.5) is 0 Å². The lowest BCUT2D eigenvalue weighted by molar-refractivity contribution is 0.298. The molecule has 0 radical (unpaired) electrons. The quantitative estimate of drug-likeness (QED) is 0.888. The number of H-pyrrole nitrogens is 1. The van der Waals surface area contributed by atoms with Gasteiger partial charge in [0.15, 0.2) is 0 Å². The van der Waals surface area contributed by atoms with Gasteiger partial charge in [-0.15, -0.1) is 12.4 Å². The molecule has 0 unspecified atom stereocenters. The molecule has 1 aromatic heterocycles. The minimum atomic E-state index is 0. The van der Waals surface area contributed by atoms with Gasteiger partial charge in [-0.3, -0.25) is 9.69 Å². The van der Waals surface area contributed by atoms with Gasteiger partial charge in [-0.25, -0.2) is 0 Å². The summed E-state index contributed by atoms with van der Waals surface area (Å²) in [4.78, 5) is 17.9. The molecule has 0 saturated carbocycles. The molecule has 0 aliphatic carbocycles. The highest BCUT2D eigenvalue weighted by Crippen LogP contribution is 2.22. The Bertz CT molecular complexity index is 705. The molecule has 3 nitrogen and oxygen atoms in total. The van der Waals surface area contributed by atoms with Crippen molar-refractivity contribution in [1.82, 2.24) is 9.88 Å². The lowest BCUT2D eigenvalue weighted by Crippen LogP contribution is -2.29. The molecule has 5 heteroatoms. The summed E-state index contributed by atoms with van der Waals surface area (Å²) in [5.74, 6) is 0. The first-order chi connectivity index (χ1) is 10.7. The highest BCUT2D eigenvalue weighted by Gasteiger charge is 2.13. The van der Waals surface area contributed by atoms with Crippen LogP contribution in [0.3, 0.4) is 0 Å². The first-order valence-corrected chi connectivity index (χ1v) is 8.69. The van der Waals surface area contributed by atoms with Crippen LogP contribution in [0.2, 0.25) is 0 Å². The van der Waals surface area contributed by atoms with Crippen molar-refractivity contribution in [3.63, 3.8) is 0 Å². The van der Waals surface area contributed by atoms with Gasteiger partial charge in [0.25, 0.3) is 0 Å². The predicted molar refractivity (Wildman–Crippen MR) is 101 cm³/mol. The fraction of sp³-hybridized carbons (Fsp3) is 0.389. The number of aromatic nitrogens is 1. The highest BCUT2D eigenvalue weighted by atomic mass is 35.5. The third-order valence-electron chi connectivity index (χ3n) is 4.24. The minimum Gasteiger partial charge on any atom is -0.317 e. The number of rotatable bonds is 5. The molecule has 0 atom stereocenters. The second-order valence-electron chi connectivity index (χ2n) is 5.81. The highest BCUT2D eigenvalue weighted by molar-refractivity contribution is 7.09. The zero-order valence-electron chi connectivity index (χ0n) is 13.4. The van der Waals surface area contributed by atoms with E-state index in [2.05, 4.69) is 46.3 Å². The van der Waals surface area contributed by atoms with Crippen LogP contribution in [-0.2, 0) is 6.42 Å². The number of thiazole rings is 1. The Morgan fingerprint density at radius 1 is 1.26 bits per heavy atom. The standard InChI is InChI=1S/C18H22N2OS.ClH/c1-14-17(22-18(21)19-14)8-5-11-20-12-9-16(10-13-20)15-6-3-2-4-7-15;/h2-4,6-7,9H,5,8,10-13H2,1H3,(H,19,21);1H. The van der Waals surface area contributed by atoms with E-state index in [1.807, 2.05) is 6.92 Å². The second kappa shape index (κ2) is 8.48. The third kappa shape index (κ3) is 4.80. The van der Waals surface area contributed by atoms with E-state index in [1.165, 1.54) is 27.4 Å². The first-order valence-electron chi connectivity index (χ1n) is 7.88. The van der Waals surface area contributed by atoms with E-state index in [-0.39, 0.29) is 17.3 Å². The number of benzene rings is 1. The average Bonchev–Trinajstić information content (AvgIpc) is 2.87. The van der Waals surface area contributed by atoms with E-state index in [1.54, 1.807) is 0 Å². The Kier molecular flexibility index (Phi) is 6.63. The molecule has 0 saturated heterocycles. The van der Waals surface area contributed by atoms with Crippen molar-refractivity contribution >= 4 is 29.3 Å². The molecular weight excluding hydrogens is 328 g/mol. The maximum atomic E-state index is 11.3. The van der Waals surface area contributed by atoms with Crippen molar-refractivity contribution in [1.29, 1.82) is 0 Å². The summed E-state index contributed by atoms with van der Waals surface area (Å²) in [6, 6.07) is 10.7. The number of hydrogen-bond acceptors (Lipinski definition) is 3. The number of hydrogen-bond donors (Lipinski definition) is 1. The van der Waals surface area contributed by atoms with E-state index >= 15 is 0 Å². The monoisotopic (exact) mass is 350 g/mol. The zero-order chi connectivity index (χ0) is 15.4. The first kappa shape index (κ1) is 18.0. The van der Waals surface area contributed by atoms with Crippen molar-refractivity contribution in [2.45, 2.75) is 26.2 Å². The van der Waals surface area contributed by atoms with Crippen LogP contribution in [0.1, 0.15) is 29.0 Å². The van der Waals surface area contributed by atoms with E-state index in [0.29, 0.717) is 0 Å². The summed E-state index contributed by atoms with van der Waals surface area (Å²) < 4.78 is 0. The molecule has 0 fully saturated rings. The van der Waals surface area contributed by atoms with Crippen LogP contribution in [0.15, 0.2) is 41.2 Å². The van der Waals surface area contributed by atoms with Gasteiger partial charge in [-0.05, 0) is 43.9 Å². The predicted octanol–water partition coefficient (Wildman–Crippen LogP) is 3.89. The van der Waals surface area contributed by atoms with Gasteiger partial charge in [0.1, 0.15) is 0 Å². The summed E-state index contributed by atoms with van der Waals surface area (Å²) in [6.45, 7) is 5.25. The molecule has 1 N–H and O–H groups in total. The number of nitrogens with zero attached hydrogens (tertiary/aromatic N) is 1. The average molecular weight is 351 g/mol. The number of halogens is 1. The summed E-state index contributed by atoms with van der Waals surface area (Å²) in [6.07, 6.45) is 5.60. The molecule has 0 spiro atoms. The largest absolute Gasteiger partial charge is 0.317 e. The molecule has 1 aliphatic rings. The topological polar surface area (TPSA) is 36.1 Å². The third-order valence-corrected chi connectivity index (χ3v) is 5.28. The molecule has 3 rings (SSSR count). The van der Waals surface area contributed by atoms with Crippen molar-refractivity contribution in [3.8, 4) is 0 Å². The second-order valence-corrected chi connectivity index (χ2v) is 6.88. The van der Waals surface area contributed by atoms with E-state index in [9.17, 15) is 4.79 Å². The smallest absolute Gasteiger partial charge is 0.304 e. The maximum absolute atomic E-state index is 11.3. The van der Waals surface area contributed by atoms with Gasteiger partial charge in [0.2, 0.25) is 0 Å². The molecule has 0 amide bonds. The van der Waals surface area contributed by atoms with Crippen LogP contribution in [0.25, 0.3) is 5.57 Å². The zero-order valence-corrected chi connectivity index (χ0v) is 15.0. The van der Waals surface area contributed by atoms with E-state index < -0.39 is 0 Å².